The molecule has 0 spiro atoms. The minimum absolute atomic E-state index is 0.326. The lowest BCUT2D eigenvalue weighted by molar-refractivity contribution is 0.199. The van der Waals surface area contributed by atoms with Gasteiger partial charge in [0.25, 0.3) is 0 Å². The molecule has 0 saturated carbocycles. The van der Waals surface area contributed by atoms with Gasteiger partial charge >= 0.3 is 18.3 Å². The summed E-state index contributed by atoms with van der Waals surface area (Å²) in [4.78, 5) is 34.2. The monoisotopic (exact) mass is 528 g/mol. The lowest BCUT2D eigenvalue weighted by Crippen LogP contribution is -2.32. The van der Waals surface area contributed by atoms with Gasteiger partial charge in [0.15, 0.2) is 0 Å². The smallest absolute Gasteiger partial charge is 0.409 e. The quantitative estimate of drug-likeness (QED) is 0.123. The molecule has 12 nitrogen and oxygen atoms in total. The topological polar surface area (TPSA) is 193 Å². The molecule has 39 heavy (non-hydrogen) atoms. The maximum Gasteiger partial charge on any atom is 0.426 e. The molecule has 0 aliphatic heterocycles. The van der Waals surface area contributed by atoms with Crippen molar-refractivity contribution in [1.82, 2.24) is 16.3 Å². The minimum atomic E-state index is -0.778. The lowest BCUT2D eigenvalue weighted by Gasteiger charge is -2.13. The highest BCUT2D eigenvalue weighted by atomic mass is 16.6. The van der Waals surface area contributed by atoms with Crippen molar-refractivity contribution in [3.05, 3.63) is 91.0 Å². The fourth-order valence-corrected chi connectivity index (χ4v) is 3.68. The Morgan fingerprint density at radius 1 is 0.410 bits per heavy atom. The summed E-state index contributed by atoms with van der Waals surface area (Å²) in [6, 6.07) is 26.8. The van der Waals surface area contributed by atoms with Crippen molar-refractivity contribution in [3.63, 3.8) is 0 Å². The van der Waals surface area contributed by atoms with Crippen molar-refractivity contribution in [3.8, 4) is 50.6 Å². The zero-order chi connectivity index (χ0) is 27.8. The van der Waals surface area contributed by atoms with Crippen LogP contribution in [0.5, 0.6) is 17.2 Å². The first-order valence-corrected chi connectivity index (χ1v) is 11.4. The first-order chi connectivity index (χ1) is 18.9. The molecule has 0 aromatic heterocycles. The van der Waals surface area contributed by atoms with Crippen LogP contribution < -0.4 is 48.0 Å². The third kappa shape index (κ3) is 6.87. The minimum Gasteiger partial charge on any atom is -0.409 e. The zero-order valence-electron chi connectivity index (χ0n) is 20.3. The van der Waals surface area contributed by atoms with E-state index in [0.29, 0.717) is 17.2 Å². The van der Waals surface area contributed by atoms with Crippen molar-refractivity contribution in [2.24, 2.45) is 17.5 Å². The summed E-state index contributed by atoms with van der Waals surface area (Å²) in [5.41, 5.74) is 10.9. The second kappa shape index (κ2) is 12.2. The molecule has 0 heterocycles. The van der Waals surface area contributed by atoms with Gasteiger partial charge in [-0.25, -0.2) is 31.9 Å². The number of nitrogens with one attached hydrogen (secondary N) is 3. The fraction of sp³-hybridized carbons (Fsp3) is 0. The molecule has 9 N–H and O–H groups in total. The number of benzene rings is 4. The first kappa shape index (κ1) is 26.6. The fourth-order valence-electron chi connectivity index (χ4n) is 3.68. The van der Waals surface area contributed by atoms with E-state index in [1.54, 1.807) is 36.4 Å². The van der Waals surface area contributed by atoms with Gasteiger partial charge in [-0.05, 0) is 88.0 Å². The van der Waals surface area contributed by atoms with Crippen molar-refractivity contribution in [2.75, 3.05) is 0 Å². The van der Waals surface area contributed by atoms with Gasteiger partial charge in [-0.1, -0.05) is 36.4 Å². The molecule has 0 saturated heterocycles. The van der Waals surface area contributed by atoms with Crippen molar-refractivity contribution >= 4 is 18.3 Å². The van der Waals surface area contributed by atoms with E-state index in [9.17, 15) is 14.4 Å². The number of hydrazine groups is 3. The van der Waals surface area contributed by atoms with Gasteiger partial charge in [-0.3, -0.25) is 16.3 Å². The summed E-state index contributed by atoms with van der Waals surface area (Å²) in [6.07, 6.45) is -2.33. The van der Waals surface area contributed by atoms with E-state index < -0.39 is 18.3 Å². The van der Waals surface area contributed by atoms with Crippen molar-refractivity contribution in [2.45, 2.75) is 0 Å². The molecule has 0 aliphatic carbocycles. The maximum atomic E-state index is 11.4. The third-order valence-corrected chi connectivity index (χ3v) is 5.48. The molecule has 0 atom stereocenters. The number of carbonyl (C=O) groups is 3. The van der Waals surface area contributed by atoms with Crippen LogP contribution in [0.3, 0.4) is 0 Å². The molecular formula is C27H24N6O6. The van der Waals surface area contributed by atoms with Gasteiger partial charge in [-0.2, -0.15) is 0 Å². The second-order valence-electron chi connectivity index (χ2n) is 7.97. The molecule has 198 valence electrons. The summed E-state index contributed by atoms with van der Waals surface area (Å²) >= 11 is 0. The van der Waals surface area contributed by atoms with Crippen molar-refractivity contribution in [1.29, 1.82) is 0 Å². The molecule has 12 heteroatoms. The molecule has 0 fully saturated rings. The Labute approximate surface area is 222 Å². The van der Waals surface area contributed by atoms with E-state index >= 15 is 0 Å². The van der Waals surface area contributed by atoms with Gasteiger partial charge in [0.05, 0.1) is 0 Å². The van der Waals surface area contributed by atoms with Crippen LogP contribution in [0.25, 0.3) is 33.4 Å². The number of amides is 3. The standard InChI is InChI=1S/C27H24N6O6/c28-31-25(34)37-22-7-1-16(2-8-22)19-13-20(17-3-9-23(10-4-17)38-26(35)32-29)15-21(14-19)18-5-11-24(12-6-18)39-27(36)33-30/h1-15H,28-30H2,(H,31,34)(H,32,35)(H,33,36). The van der Waals surface area contributed by atoms with E-state index in [1.165, 1.54) is 0 Å². The average molecular weight is 529 g/mol. The molecular weight excluding hydrogens is 504 g/mol. The molecule has 0 radical (unpaired) electrons. The summed E-state index contributed by atoms with van der Waals surface area (Å²) in [5, 5.41) is 0. The predicted molar refractivity (Wildman–Crippen MR) is 143 cm³/mol. The van der Waals surface area contributed by atoms with E-state index in [2.05, 4.69) is 0 Å². The SMILES string of the molecule is NNC(=O)Oc1ccc(-c2cc(-c3ccc(OC(=O)NN)cc3)cc(-c3ccc(OC(=O)NN)cc3)c2)cc1. The Balaban J connectivity index is 1.72. The molecule has 3 amide bonds. The molecule has 4 rings (SSSR count). The largest absolute Gasteiger partial charge is 0.426 e. The van der Waals surface area contributed by atoms with Crippen LogP contribution in [0.1, 0.15) is 0 Å². The summed E-state index contributed by atoms with van der Waals surface area (Å²) in [6.45, 7) is 0. The van der Waals surface area contributed by atoms with Crippen LogP contribution in [0, 0.1) is 0 Å². The normalized spacial score (nSPS) is 10.2. The Morgan fingerprint density at radius 2 is 0.641 bits per heavy atom. The van der Waals surface area contributed by atoms with Crippen LogP contribution in [0.2, 0.25) is 0 Å². The number of rotatable bonds is 6. The van der Waals surface area contributed by atoms with Crippen LogP contribution in [0.15, 0.2) is 91.0 Å². The van der Waals surface area contributed by atoms with Crippen LogP contribution in [-0.2, 0) is 0 Å². The van der Waals surface area contributed by atoms with E-state index in [-0.39, 0.29) is 0 Å². The predicted octanol–water partition coefficient (Wildman–Crippen LogP) is 3.57. The number of hydrogen-bond donors (Lipinski definition) is 6. The summed E-state index contributed by atoms with van der Waals surface area (Å²) in [5.74, 6) is 16.2. The molecule has 0 bridgehead atoms. The van der Waals surface area contributed by atoms with Gasteiger partial charge in [-0.15, -0.1) is 0 Å². The van der Waals surface area contributed by atoms with Gasteiger partial charge in [0.1, 0.15) is 17.2 Å². The molecule has 0 aliphatic rings. The number of ether oxygens (including phenoxy) is 3. The van der Waals surface area contributed by atoms with Crippen LogP contribution >= 0.6 is 0 Å². The molecule has 0 unspecified atom stereocenters. The highest BCUT2D eigenvalue weighted by Gasteiger charge is 2.11. The third-order valence-electron chi connectivity index (χ3n) is 5.48. The van der Waals surface area contributed by atoms with Gasteiger partial charge in [0, 0.05) is 0 Å². The summed E-state index contributed by atoms with van der Waals surface area (Å²) < 4.78 is 15.2. The Kier molecular flexibility index (Phi) is 8.33. The average Bonchev–Trinajstić information content (AvgIpc) is 2.97. The summed E-state index contributed by atoms with van der Waals surface area (Å²) in [7, 11) is 0. The van der Waals surface area contributed by atoms with E-state index in [4.69, 9.17) is 31.7 Å². The first-order valence-electron chi connectivity index (χ1n) is 11.4. The molecule has 4 aromatic rings. The van der Waals surface area contributed by atoms with Crippen molar-refractivity contribution < 1.29 is 28.6 Å². The van der Waals surface area contributed by atoms with E-state index in [1.807, 2.05) is 70.9 Å². The molecule has 4 aromatic carbocycles. The highest BCUT2D eigenvalue weighted by molar-refractivity contribution is 5.82. The zero-order valence-corrected chi connectivity index (χ0v) is 20.3. The number of carbonyl (C=O) groups excluding carboxylic acids is 3. The Bertz CT molecular complexity index is 1280. The van der Waals surface area contributed by atoms with E-state index in [0.717, 1.165) is 33.4 Å². The van der Waals surface area contributed by atoms with Gasteiger partial charge < -0.3 is 14.2 Å². The number of hydrogen-bond acceptors (Lipinski definition) is 9. The Hall–Kier alpha value is -5.43. The number of nitrogens with two attached hydrogens (primary N) is 3. The highest BCUT2D eigenvalue weighted by Crippen LogP contribution is 2.34. The van der Waals surface area contributed by atoms with Crippen LogP contribution in [-0.4, -0.2) is 18.3 Å². The van der Waals surface area contributed by atoms with Crippen LogP contribution in [0.4, 0.5) is 14.4 Å². The lowest BCUT2D eigenvalue weighted by atomic mass is 9.93. The Morgan fingerprint density at radius 3 is 0.846 bits per heavy atom. The second-order valence-corrected chi connectivity index (χ2v) is 7.97. The van der Waals surface area contributed by atoms with Gasteiger partial charge in [0.2, 0.25) is 0 Å². The maximum absolute atomic E-state index is 11.4.